The van der Waals surface area contributed by atoms with E-state index in [-0.39, 0.29) is 17.4 Å². The van der Waals surface area contributed by atoms with Gasteiger partial charge in [0.15, 0.2) is 0 Å². The van der Waals surface area contributed by atoms with E-state index in [2.05, 4.69) is 22.2 Å². The standard InChI is InChI=1S/C20H23F2N3O/c1-24-10-12-25(13-11-24)19(15-6-8-16(21)9-7-15)14-23-20(26)17-4-2-3-5-18(17)22/h2-9,19H,10-14H2,1H3,(H,23,26). The van der Waals surface area contributed by atoms with Gasteiger partial charge in [0, 0.05) is 32.7 Å². The number of amides is 1. The largest absolute Gasteiger partial charge is 0.350 e. The van der Waals surface area contributed by atoms with Gasteiger partial charge >= 0.3 is 0 Å². The first-order valence-corrected chi connectivity index (χ1v) is 8.75. The molecular weight excluding hydrogens is 336 g/mol. The highest BCUT2D eigenvalue weighted by Gasteiger charge is 2.25. The van der Waals surface area contributed by atoms with Crippen LogP contribution < -0.4 is 5.32 Å². The van der Waals surface area contributed by atoms with Crippen molar-refractivity contribution in [3.8, 4) is 0 Å². The molecule has 0 saturated carbocycles. The minimum atomic E-state index is -0.539. The number of nitrogens with one attached hydrogen (secondary N) is 1. The summed E-state index contributed by atoms with van der Waals surface area (Å²) in [5, 5.41) is 2.83. The van der Waals surface area contributed by atoms with Crippen molar-refractivity contribution in [3.63, 3.8) is 0 Å². The quantitative estimate of drug-likeness (QED) is 0.892. The van der Waals surface area contributed by atoms with Gasteiger partial charge in [-0.25, -0.2) is 8.78 Å². The van der Waals surface area contributed by atoms with Gasteiger partial charge in [-0.2, -0.15) is 0 Å². The Bertz CT molecular complexity index is 743. The second-order valence-electron chi connectivity index (χ2n) is 6.60. The number of benzene rings is 2. The first-order valence-electron chi connectivity index (χ1n) is 8.75. The Hall–Kier alpha value is -2.31. The van der Waals surface area contributed by atoms with Crippen molar-refractivity contribution >= 4 is 5.91 Å². The first kappa shape index (κ1) is 18.5. The highest BCUT2D eigenvalue weighted by atomic mass is 19.1. The van der Waals surface area contributed by atoms with Crippen LogP contribution in [0, 0.1) is 11.6 Å². The smallest absolute Gasteiger partial charge is 0.254 e. The summed E-state index contributed by atoms with van der Waals surface area (Å²) in [4.78, 5) is 16.9. The number of rotatable bonds is 5. The number of nitrogens with zero attached hydrogens (tertiary/aromatic N) is 2. The number of halogens is 2. The van der Waals surface area contributed by atoms with Crippen LogP contribution in [-0.4, -0.2) is 55.5 Å². The molecule has 1 aliphatic heterocycles. The molecular formula is C20H23F2N3O. The van der Waals surface area contributed by atoms with E-state index in [1.165, 1.54) is 24.3 Å². The molecule has 1 aliphatic rings. The van der Waals surface area contributed by atoms with Crippen LogP contribution in [0.25, 0.3) is 0 Å². The van der Waals surface area contributed by atoms with Crippen molar-refractivity contribution in [1.82, 2.24) is 15.1 Å². The summed E-state index contributed by atoms with van der Waals surface area (Å²) >= 11 is 0. The zero-order valence-electron chi connectivity index (χ0n) is 14.8. The lowest BCUT2D eigenvalue weighted by atomic mass is 10.0. The van der Waals surface area contributed by atoms with Crippen LogP contribution in [0.2, 0.25) is 0 Å². The molecule has 4 nitrogen and oxygen atoms in total. The molecule has 0 aromatic heterocycles. The third kappa shape index (κ3) is 4.45. The minimum absolute atomic E-state index is 0.0312. The molecule has 6 heteroatoms. The fourth-order valence-corrected chi connectivity index (χ4v) is 3.21. The van der Waals surface area contributed by atoms with Crippen LogP contribution in [-0.2, 0) is 0 Å². The van der Waals surface area contributed by atoms with Gasteiger partial charge in [0.1, 0.15) is 11.6 Å². The van der Waals surface area contributed by atoms with E-state index in [4.69, 9.17) is 0 Å². The van der Waals surface area contributed by atoms with Crippen LogP contribution in [0.5, 0.6) is 0 Å². The van der Waals surface area contributed by atoms with Crippen molar-refractivity contribution in [2.24, 2.45) is 0 Å². The van der Waals surface area contributed by atoms with Crippen LogP contribution in [0.4, 0.5) is 8.78 Å². The molecule has 2 aromatic rings. The van der Waals surface area contributed by atoms with Gasteiger partial charge in [-0.1, -0.05) is 24.3 Å². The van der Waals surface area contributed by atoms with Crippen molar-refractivity contribution < 1.29 is 13.6 Å². The lowest BCUT2D eigenvalue weighted by Crippen LogP contribution is -2.48. The Labute approximate surface area is 152 Å². The summed E-state index contributed by atoms with van der Waals surface area (Å²) in [5.41, 5.74) is 0.966. The average Bonchev–Trinajstić information content (AvgIpc) is 2.65. The van der Waals surface area contributed by atoms with E-state index >= 15 is 0 Å². The van der Waals surface area contributed by atoms with E-state index in [0.717, 1.165) is 31.7 Å². The number of hydrogen-bond acceptors (Lipinski definition) is 3. The maximum atomic E-state index is 13.8. The number of likely N-dealkylation sites (N-methyl/N-ethyl adjacent to an activating group) is 1. The third-order valence-corrected chi connectivity index (χ3v) is 4.81. The van der Waals surface area contributed by atoms with Gasteiger partial charge in [-0.3, -0.25) is 9.69 Å². The Balaban J connectivity index is 1.74. The van der Waals surface area contributed by atoms with Gasteiger partial charge < -0.3 is 10.2 Å². The Morgan fingerprint density at radius 2 is 1.69 bits per heavy atom. The van der Waals surface area contributed by atoms with E-state index < -0.39 is 11.7 Å². The van der Waals surface area contributed by atoms with Crippen LogP contribution in [0.15, 0.2) is 48.5 Å². The Kier molecular flexibility index (Phi) is 5.96. The fraction of sp³-hybridized carbons (Fsp3) is 0.350. The van der Waals surface area contributed by atoms with Crippen LogP contribution in [0.1, 0.15) is 22.0 Å². The van der Waals surface area contributed by atoms with Gasteiger partial charge in [0.25, 0.3) is 5.91 Å². The van der Waals surface area contributed by atoms with E-state index in [1.54, 1.807) is 24.3 Å². The maximum absolute atomic E-state index is 13.8. The number of hydrogen-bond donors (Lipinski definition) is 1. The second-order valence-corrected chi connectivity index (χ2v) is 6.60. The summed E-state index contributed by atoms with van der Waals surface area (Å²) in [6.07, 6.45) is 0. The second kappa shape index (κ2) is 8.38. The molecule has 0 radical (unpaired) electrons. The molecule has 3 rings (SSSR count). The summed E-state index contributed by atoms with van der Waals surface area (Å²) < 4.78 is 27.1. The summed E-state index contributed by atoms with van der Waals surface area (Å²) in [6.45, 7) is 3.91. The van der Waals surface area contributed by atoms with Crippen molar-refractivity contribution in [2.45, 2.75) is 6.04 Å². The number of piperazine rings is 1. The lowest BCUT2D eigenvalue weighted by molar-refractivity contribution is 0.0882. The van der Waals surface area contributed by atoms with Gasteiger partial charge in [-0.15, -0.1) is 0 Å². The fourth-order valence-electron chi connectivity index (χ4n) is 3.21. The molecule has 1 saturated heterocycles. The van der Waals surface area contributed by atoms with Crippen molar-refractivity contribution in [1.29, 1.82) is 0 Å². The van der Waals surface area contributed by atoms with E-state index in [0.29, 0.717) is 6.54 Å². The average molecular weight is 359 g/mol. The highest BCUT2D eigenvalue weighted by Crippen LogP contribution is 2.22. The molecule has 26 heavy (non-hydrogen) atoms. The molecule has 0 aliphatic carbocycles. The molecule has 1 unspecified atom stereocenters. The molecule has 2 aromatic carbocycles. The third-order valence-electron chi connectivity index (χ3n) is 4.81. The zero-order valence-corrected chi connectivity index (χ0v) is 14.8. The minimum Gasteiger partial charge on any atom is -0.350 e. The van der Waals surface area contributed by atoms with Crippen molar-refractivity contribution in [2.75, 3.05) is 39.8 Å². The number of carbonyl (C=O) groups excluding carboxylic acids is 1. The first-order chi connectivity index (χ1) is 12.5. The molecule has 1 fully saturated rings. The predicted octanol–water partition coefficient (Wildman–Crippen LogP) is 2.68. The molecule has 0 bridgehead atoms. The molecule has 1 heterocycles. The SMILES string of the molecule is CN1CCN(C(CNC(=O)c2ccccc2F)c2ccc(F)cc2)CC1. The highest BCUT2D eigenvalue weighted by molar-refractivity contribution is 5.94. The molecule has 1 atom stereocenters. The monoisotopic (exact) mass is 359 g/mol. The van der Waals surface area contributed by atoms with Gasteiger partial charge in [0.05, 0.1) is 11.6 Å². The van der Waals surface area contributed by atoms with Crippen LogP contribution >= 0.6 is 0 Å². The van der Waals surface area contributed by atoms with E-state index in [1.807, 2.05) is 0 Å². The summed E-state index contributed by atoms with van der Waals surface area (Å²) in [6, 6.07) is 12.2. The molecule has 1 amide bonds. The Morgan fingerprint density at radius 1 is 1.04 bits per heavy atom. The van der Waals surface area contributed by atoms with Crippen LogP contribution in [0.3, 0.4) is 0 Å². The molecule has 1 N–H and O–H groups in total. The zero-order chi connectivity index (χ0) is 18.5. The lowest BCUT2D eigenvalue weighted by Gasteiger charge is -2.38. The normalized spacial score (nSPS) is 17.0. The predicted molar refractivity (Wildman–Crippen MR) is 96.9 cm³/mol. The number of carbonyl (C=O) groups is 1. The maximum Gasteiger partial charge on any atom is 0.254 e. The molecule has 138 valence electrons. The van der Waals surface area contributed by atoms with Crippen molar-refractivity contribution in [3.05, 3.63) is 71.3 Å². The molecule has 0 spiro atoms. The summed E-state index contributed by atoms with van der Waals surface area (Å²) in [7, 11) is 2.07. The van der Waals surface area contributed by atoms with Gasteiger partial charge in [0.2, 0.25) is 0 Å². The van der Waals surface area contributed by atoms with E-state index in [9.17, 15) is 13.6 Å². The Morgan fingerprint density at radius 3 is 2.35 bits per heavy atom. The summed E-state index contributed by atoms with van der Waals surface area (Å²) in [5.74, 6) is -1.27. The topological polar surface area (TPSA) is 35.6 Å². The van der Waals surface area contributed by atoms with Gasteiger partial charge in [-0.05, 0) is 36.9 Å².